The Morgan fingerprint density at radius 3 is 2.78 bits per heavy atom. The standard InChI is InChI=1S/C14H22N2OS/c1-11(2)7-8-16(12-5-3-4-6-12)14(17)13-9-18-10-15-13/h9-12H,3-8H2,1-2H3. The smallest absolute Gasteiger partial charge is 0.273 e. The molecule has 1 fully saturated rings. The third kappa shape index (κ3) is 3.31. The lowest BCUT2D eigenvalue weighted by Gasteiger charge is -2.29. The number of thiazole rings is 1. The summed E-state index contributed by atoms with van der Waals surface area (Å²) in [6.07, 6.45) is 5.91. The van der Waals surface area contributed by atoms with E-state index in [9.17, 15) is 4.79 Å². The van der Waals surface area contributed by atoms with Gasteiger partial charge in [0.2, 0.25) is 0 Å². The third-order valence-electron chi connectivity index (χ3n) is 3.63. The summed E-state index contributed by atoms with van der Waals surface area (Å²) in [5.41, 5.74) is 2.36. The van der Waals surface area contributed by atoms with Crippen molar-refractivity contribution < 1.29 is 4.79 Å². The minimum atomic E-state index is 0.129. The summed E-state index contributed by atoms with van der Waals surface area (Å²) >= 11 is 1.49. The van der Waals surface area contributed by atoms with Crippen molar-refractivity contribution in [3.8, 4) is 0 Å². The van der Waals surface area contributed by atoms with E-state index in [1.165, 1.54) is 24.2 Å². The Hall–Kier alpha value is -0.900. The molecule has 1 aliphatic carbocycles. The molecule has 0 radical (unpaired) electrons. The number of rotatable bonds is 5. The third-order valence-corrected chi connectivity index (χ3v) is 4.21. The maximum atomic E-state index is 12.5. The fourth-order valence-corrected chi connectivity index (χ4v) is 3.05. The monoisotopic (exact) mass is 266 g/mol. The number of amides is 1. The summed E-state index contributed by atoms with van der Waals surface area (Å²) in [6, 6.07) is 0.443. The van der Waals surface area contributed by atoms with Crippen molar-refractivity contribution in [2.45, 2.75) is 52.0 Å². The molecule has 1 heterocycles. The fourth-order valence-electron chi connectivity index (χ4n) is 2.53. The van der Waals surface area contributed by atoms with E-state index in [4.69, 9.17) is 0 Å². The zero-order valence-electron chi connectivity index (χ0n) is 11.3. The second kappa shape index (κ2) is 6.32. The number of carbonyl (C=O) groups excluding carboxylic acids is 1. The Kier molecular flexibility index (Phi) is 4.75. The summed E-state index contributed by atoms with van der Waals surface area (Å²) in [5, 5.41) is 1.86. The van der Waals surface area contributed by atoms with Crippen LogP contribution in [0.3, 0.4) is 0 Å². The van der Waals surface area contributed by atoms with Crippen LogP contribution in [0.15, 0.2) is 10.9 Å². The van der Waals surface area contributed by atoms with E-state index in [0.29, 0.717) is 17.7 Å². The fraction of sp³-hybridized carbons (Fsp3) is 0.714. The molecule has 100 valence electrons. The molecule has 0 unspecified atom stereocenters. The number of hydrogen-bond acceptors (Lipinski definition) is 3. The summed E-state index contributed by atoms with van der Waals surface area (Å²) in [4.78, 5) is 18.7. The maximum absolute atomic E-state index is 12.5. The first-order valence-corrected chi connectivity index (χ1v) is 7.82. The van der Waals surface area contributed by atoms with Crippen LogP contribution in [-0.4, -0.2) is 28.4 Å². The molecule has 0 aliphatic heterocycles. The van der Waals surface area contributed by atoms with Gasteiger partial charge >= 0.3 is 0 Å². The first kappa shape index (κ1) is 13.5. The number of hydrogen-bond donors (Lipinski definition) is 0. The van der Waals surface area contributed by atoms with Gasteiger partial charge in [-0.1, -0.05) is 26.7 Å². The molecule has 18 heavy (non-hydrogen) atoms. The Labute approximate surface area is 113 Å². The van der Waals surface area contributed by atoms with Gasteiger partial charge in [-0.2, -0.15) is 0 Å². The van der Waals surface area contributed by atoms with Gasteiger partial charge in [0.15, 0.2) is 0 Å². The van der Waals surface area contributed by atoms with E-state index in [1.807, 2.05) is 5.38 Å². The van der Waals surface area contributed by atoms with Crippen LogP contribution in [0.1, 0.15) is 56.4 Å². The zero-order valence-corrected chi connectivity index (χ0v) is 12.1. The van der Waals surface area contributed by atoms with E-state index < -0.39 is 0 Å². The van der Waals surface area contributed by atoms with Crippen LogP contribution in [-0.2, 0) is 0 Å². The van der Waals surface area contributed by atoms with Gasteiger partial charge in [-0.05, 0) is 25.2 Å². The van der Waals surface area contributed by atoms with Crippen molar-refractivity contribution in [2.75, 3.05) is 6.54 Å². The largest absolute Gasteiger partial charge is 0.334 e. The Bertz CT molecular complexity index is 369. The maximum Gasteiger partial charge on any atom is 0.273 e. The number of nitrogens with zero attached hydrogens (tertiary/aromatic N) is 2. The van der Waals surface area contributed by atoms with Crippen molar-refractivity contribution in [3.63, 3.8) is 0 Å². The van der Waals surface area contributed by atoms with E-state index in [0.717, 1.165) is 25.8 Å². The Balaban J connectivity index is 2.05. The molecule has 3 nitrogen and oxygen atoms in total. The molecular weight excluding hydrogens is 244 g/mol. The van der Waals surface area contributed by atoms with E-state index in [2.05, 4.69) is 23.7 Å². The predicted octanol–water partition coefficient (Wildman–Crippen LogP) is 3.57. The van der Waals surface area contributed by atoms with E-state index >= 15 is 0 Å². The molecule has 1 aromatic rings. The van der Waals surface area contributed by atoms with Crippen LogP contribution in [0, 0.1) is 5.92 Å². The van der Waals surface area contributed by atoms with Gasteiger partial charge < -0.3 is 4.90 Å². The molecule has 0 aromatic carbocycles. The summed E-state index contributed by atoms with van der Waals surface area (Å²) < 4.78 is 0. The highest BCUT2D eigenvalue weighted by atomic mass is 32.1. The van der Waals surface area contributed by atoms with Crippen molar-refractivity contribution in [1.29, 1.82) is 0 Å². The summed E-state index contributed by atoms with van der Waals surface area (Å²) in [5.74, 6) is 0.765. The van der Waals surface area contributed by atoms with Crippen molar-refractivity contribution in [3.05, 3.63) is 16.6 Å². The minimum Gasteiger partial charge on any atom is -0.334 e. The second-order valence-electron chi connectivity index (χ2n) is 5.49. The highest BCUT2D eigenvalue weighted by Gasteiger charge is 2.28. The molecule has 0 spiro atoms. The second-order valence-corrected chi connectivity index (χ2v) is 6.21. The van der Waals surface area contributed by atoms with Crippen LogP contribution in [0.2, 0.25) is 0 Å². The SMILES string of the molecule is CC(C)CCN(C(=O)c1cscn1)C1CCCC1. The molecule has 0 saturated heterocycles. The lowest BCUT2D eigenvalue weighted by atomic mass is 10.1. The summed E-state index contributed by atoms with van der Waals surface area (Å²) in [7, 11) is 0. The molecular formula is C14H22N2OS. The van der Waals surface area contributed by atoms with Crippen molar-refractivity contribution in [2.24, 2.45) is 5.92 Å². The van der Waals surface area contributed by atoms with Crippen LogP contribution >= 0.6 is 11.3 Å². The van der Waals surface area contributed by atoms with Crippen LogP contribution < -0.4 is 0 Å². The number of carbonyl (C=O) groups is 1. The normalized spacial score (nSPS) is 16.4. The first-order chi connectivity index (χ1) is 8.68. The van der Waals surface area contributed by atoms with Gasteiger partial charge in [0.25, 0.3) is 5.91 Å². The molecule has 0 bridgehead atoms. The average Bonchev–Trinajstić information content (AvgIpc) is 3.01. The highest BCUT2D eigenvalue weighted by molar-refractivity contribution is 7.07. The molecule has 0 N–H and O–H groups in total. The van der Waals surface area contributed by atoms with Gasteiger partial charge in [0.1, 0.15) is 5.69 Å². The van der Waals surface area contributed by atoms with Gasteiger partial charge in [0, 0.05) is 18.0 Å². The van der Waals surface area contributed by atoms with Gasteiger partial charge in [-0.15, -0.1) is 11.3 Å². The molecule has 2 rings (SSSR count). The van der Waals surface area contributed by atoms with E-state index in [-0.39, 0.29) is 5.91 Å². The van der Waals surface area contributed by atoms with E-state index in [1.54, 1.807) is 5.51 Å². The molecule has 1 saturated carbocycles. The number of aromatic nitrogens is 1. The van der Waals surface area contributed by atoms with Crippen molar-refractivity contribution in [1.82, 2.24) is 9.88 Å². The highest BCUT2D eigenvalue weighted by Crippen LogP contribution is 2.25. The summed E-state index contributed by atoms with van der Waals surface area (Å²) in [6.45, 7) is 5.29. The lowest BCUT2D eigenvalue weighted by molar-refractivity contribution is 0.0666. The zero-order chi connectivity index (χ0) is 13.0. The van der Waals surface area contributed by atoms with Gasteiger partial charge in [-0.25, -0.2) is 4.98 Å². The Morgan fingerprint density at radius 1 is 1.50 bits per heavy atom. The predicted molar refractivity (Wildman–Crippen MR) is 74.9 cm³/mol. The molecule has 1 aromatic heterocycles. The molecule has 4 heteroatoms. The van der Waals surface area contributed by atoms with Gasteiger partial charge in [-0.3, -0.25) is 4.79 Å². The van der Waals surface area contributed by atoms with Crippen LogP contribution in [0.25, 0.3) is 0 Å². The van der Waals surface area contributed by atoms with Crippen molar-refractivity contribution >= 4 is 17.2 Å². The minimum absolute atomic E-state index is 0.129. The first-order valence-electron chi connectivity index (χ1n) is 6.87. The molecule has 1 amide bonds. The molecule has 1 aliphatic rings. The molecule has 0 atom stereocenters. The van der Waals surface area contributed by atoms with Crippen LogP contribution in [0.4, 0.5) is 0 Å². The topological polar surface area (TPSA) is 33.2 Å². The van der Waals surface area contributed by atoms with Gasteiger partial charge in [0.05, 0.1) is 5.51 Å². The van der Waals surface area contributed by atoms with Crippen LogP contribution in [0.5, 0.6) is 0 Å². The lowest BCUT2D eigenvalue weighted by Crippen LogP contribution is -2.40. The average molecular weight is 266 g/mol. The Morgan fingerprint density at radius 2 is 2.22 bits per heavy atom. The quantitative estimate of drug-likeness (QED) is 0.816.